The molecule has 6 heteroatoms. The zero-order valence-electron chi connectivity index (χ0n) is 11.8. The fourth-order valence-electron chi connectivity index (χ4n) is 2.37. The Balaban J connectivity index is 2.31. The molecule has 0 aromatic rings. The van der Waals surface area contributed by atoms with E-state index >= 15 is 0 Å². The predicted octanol–water partition coefficient (Wildman–Crippen LogP) is 1.02. The summed E-state index contributed by atoms with van der Waals surface area (Å²) in [5, 5.41) is 14.2. The Kier molecular flexibility index (Phi) is 6.62. The summed E-state index contributed by atoms with van der Waals surface area (Å²) in [5.41, 5.74) is 0. The van der Waals surface area contributed by atoms with Crippen LogP contribution in [-0.4, -0.2) is 54.2 Å². The molecule has 19 heavy (non-hydrogen) atoms. The number of aliphatic carboxylic acids is 1. The van der Waals surface area contributed by atoms with Crippen molar-refractivity contribution < 1.29 is 14.7 Å². The molecule has 110 valence electrons. The molecular weight excluding hydrogens is 246 g/mol. The molecule has 1 saturated heterocycles. The Bertz CT molecular complexity index is 310. The molecule has 1 rings (SSSR count). The number of piperidine rings is 1. The summed E-state index contributed by atoms with van der Waals surface area (Å²) in [5.74, 6) is -0.980. The third-order valence-corrected chi connectivity index (χ3v) is 3.60. The predicted molar refractivity (Wildman–Crippen MR) is 73.1 cm³/mol. The minimum absolute atomic E-state index is 0.356. The van der Waals surface area contributed by atoms with Gasteiger partial charge in [0.1, 0.15) is 6.04 Å². The lowest BCUT2D eigenvalue weighted by Crippen LogP contribution is -2.50. The van der Waals surface area contributed by atoms with Crippen LogP contribution in [0.5, 0.6) is 0 Å². The summed E-state index contributed by atoms with van der Waals surface area (Å²) < 4.78 is 0. The van der Waals surface area contributed by atoms with E-state index in [0.29, 0.717) is 19.0 Å². The average molecular weight is 271 g/mol. The van der Waals surface area contributed by atoms with Crippen LogP contribution in [0.15, 0.2) is 0 Å². The van der Waals surface area contributed by atoms with E-state index in [-0.39, 0.29) is 6.03 Å². The van der Waals surface area contributed by atoms with Gasteiger partial charge < -0.3 is 20.6 Å². The summed E-state index contributed by atoms with van der Waals surface area (Å²) >= 11 is 0. The first-order valence-corrected chi connectivity index (χ1v) is 7.02. The van der Waals surface area contributed by atoms with Gasteiger partial charge in [-0.2, -0.15) is 0 Å². The molecule has 0 aliphatic carbocycles. The molecule has 0 aromatic heterocycles. The Hall–Kier alpha value is -1.30. The van der Waals surface area contributed by atoms with Crippen molar-refractivity contribution in [2.24, 2.45) is 0 Å². The highest BCUT2D eigenvalue weighted by atomic mass is 16.4. The third-order valence-electron chi connectivity index (χ3n) is 3.60. The van der Waals surface area contributed by atoms with Crippen molar-refractivity contribution in [3.8, 4) is 0 Å². The fraction of sp³-hybridized carbons (Fsp3) is 0.846. The molecule has 0 bridgehead atoms. The van der Waals surface area contributed by atoms with Crippen molar-refractivity contribution in [1.82, 2.24) is 15.5 Å². The number of hydrogen-bond donors (Lipinski definition) is 3. The van der Waals surface area contributed by atoms with Gasteiger partial charge in [-0.15, -0.1) is 0 Å². The molecule has 1 unspecified atom stereocenters. The van der Waals surface area contributed by atoms with Crippen molar-refractivity contribution in [3.63, 3.8) is 0 Å². The monoisotopic (exact) mass is 271 g/mol. The number of nitrogens with one attached hydrogen (secondary N) is 2. The number of carboxylic acids is 1. The highest BCUT2D eigenvalue weighted by Gasteiger charge is 2.21. The van der Waals surface area contributed by atoms with Crippen LogP contribution < -0.4 is 10.6 Å². The van der Waals surface area contributed by atoms with Gasteiger partial charge in [0.15, 0.2) is 0 Å². The van der Waals surface area contributed by atoms with Crippen molar-refractivity contribution in [1.29, 1.82) is 0 Å². The average Bonchev–Trinajstić information content (AvgIpc) is 2.37. The first-order chi connectivity index (χ1) is 9.04. The second-order valence-electron chi connectivity index (χ2n) is 5.16. The quantitative estimate of drug-likeness (QED) is 0.674. The molecule has 1 aliphatic rings. The smallest absolute Gasteiger partial charge is 0.326 e. The van der Waals surface area contributed by atoms with Gasteiger partial charge in [-0.3, -0.25) is 0 Å². The van der Waals surface area contributed by atoms with Crippen LogP contribution in [-0.2, 0) is 4.79 Å². The highest BCUT2D eigenvalue weighted by molar-refractivity contribution is 5.82. The van der Waals surface area contributed by atoms with E-state index in [1.165, 1.54) is 12.8 Å². The van der Waals surface area contributed by atoms with Crippen molar-refractivity contribution in [2.45, 2.75) is 51.1 Å². The van der Waals surface area contributed by atoms with Crippen LogP contribution in [0.4, 0.5) is 4.79 Å². The molecule has 0 spiro atoms. The van der Waals surface area contributed by atoms with Gasteiger partial charge in [0.25, 0.3) is 0 Å². The Morgan fingerprint density at radius 1 is 1.42 bits per heavy atom. The van der Waals surface area contributed by atoms with Crippen LogP contribution in [0.3, 0.4) is 0 Å². The number of likely N-dealkylation sites (tertiary alicyclic amines) is 1. The number of likely N-dealkylation sites (N-methyl/N-ethyl adjacent to an activating group) is 1. The van der Waals surface area contributed by atoms with Gasteiger partial charge in [0.05, 0.1) is 0 Å². The van der Waals surface area contributed by atoms with E-state index < -0.39 is 12.0 Å². The lowest BCUT2D eigenvalue weighted by atomic mass is 10.0. The van der Waals surface area contributed by atoms with Crippen LogP contribution in [0.2, 0.25) is 0 Å². The third kappa shape index (κ3) is 5.46. The maximum Gasteiger partial charge on any atom is 0.326 e. The summed E-state index contributed by atoms with van der Waals surface area (Å²) in [7, 11) is 2.06. The summed E-state index contributed by atoms with van der Waals surface area (Å²) in [6.45, 7) is 3.52. The normalized spacial score (nSPS) is 21.7. The molecule has 1 aliphatic heterocycles. The SMILES string of the molecule is CCC[C@H](NC(=O)NCC1CCCCN1C)C(=O)O. The van der Waals surface area contributed by atoms with Crippen molar-refractivity contribution in [2.75, 3.05) is 20.1 Å². The highest BCUT2D eigenvalue weighted by Crippen LogP contribution is 2.13. The molecule has 3 N–H and O–H groups in total. The second-order valence-corrected chi connectivity index (χ2v) is 5.16. The van der Waals surface area contributed by atoms with E-state index in [4.69, 9.17) is 5.11 Å². The molecule has 2 atom stereocenters. The van der Waals surface area contributed by atoms with Gasteiger partial charge in [0, 0.05) is 12.6 Å². The number of hydrogen-bond acceptors (Lipinski definition) is 3. The first-order valence-electron chi connectivity index (χ1n) is 7.02. The largest absolute Gasteiger partial charge is 0.480 e. The maximum atomic E-state index is 11.7. The van der Waals surface area contributed by atoms with E-state index in [1.807, 2.05) is 6.92 Å². The van der Waals surface area contributed by atoms with Crippen LogP contribution in [0.25, 0.3) is 0 Å². The minimum atomic E-state index is -0.980. The topological polar surface area (TPSA) is 81.7 Å². The standard InChI is InChI=1S/C13H25N3O3/c1-3-6-11(12(17)18)15-13(19)14-9-10-7-4-5-8-16(10)2/h10-11H,3-9H2,1-2H3,(H,17,18)(H2,14,15,19)/t10?,11-/m0/s1. The van der Waals surface area contributed by atoms with Crippen LogP contribution in [0, 0.1) is 0 Å². The minimum Gasteiger partial charge on any atom is -0.480 e. The van der Waals surface area contributed by atoms with E-state index in [0.717, 1.165) is 19.4 Å². The van der Waals surface area contributed by atoms with Crippen LogP contribution in [0.1, 0.15) is 39.0 Å². The molecule has 1 heterocycles. The number of carbonyl (C=O) groups excluding carboxylic acids is 1. The Morgan fingerprint density at radius 3 is 2.74 bits per heavy atom. The number of carbonyl (C=O) groups is 2. The fourth-order valence-corrected chi connectivity index (χ4v) is 2.37. The molecular formula is C13H25N3O3. The van der Waals surface area contributed by atoms with Gasteiger partial charge in [-0.25, -0.2) is 9.59 Å². The number of urea groups is 1. The molecule has 6 nitrogen and oxygen atoms in total. The molecule has 1 fully saturated rings. The van der Waals surface area contributed by atoms with E-state index in [2.05, 4.69) is 22.6 Å². The summed E-state index contributed by atoms with van der Waals surface area (Å²) in [4.78, 5) is 24.9. The van der Waals surface area contributed by atoms with E-state index in [9.17, 15) is 9.59 Å². The van der Waals surface area contributed by atoms with Gasteiger partial charge >= 0.3 is 12.0 Å². The van der Waals surface area contributed by atoms with E-state index in [1.54, 1.807) is 0 Å². The maximum absolute atomic E-state index is 11.7. The lowest BCUT2D eigenvalue weighted by molar-refractivity contribution is -0.139. The van der Waals surface area contributed by atoms with Gasteiger partial charge in [-0.05, 0) is 32.9 Å². The molecule has 2 amide bonds. The van der Waals surface area contributed by atoms with Crippen molar-refractivity contribution >= 4 is 12.0 Å². The van der Waals surface area contributed by atoms with Gasteiger partial charge in [0.2, 0.25) is 0 Å². The Labute approximate surface area is 114 Å². The number of nitrogens with zero attached hydrogens (tertiary/aromatic N) is 1. The number of rotatable bonds is 6. The first kappa shape index (κ1) is 15.8. The molecule has 0 aromatic carbocycles. The zero-order chi connectivity index (χ0) is 14.3. The number of carboxylic acid groups (broad SMARTS) is 1. The van der Waals surface area contributed by atoms with Crippen LogP contribution >= 0.6 is 0 Å². The molecule has 0 radical (unpaired) electrons. The summed E-state index contributed by atoms with van der Waals surface area (Å²) in [6, 6.07) is -0.831. The second kappa shape index (κ2) is 7.99. The lowest BCUT2D eigenvalue weighted by Gasteiger charge is -2.32. The number of amides is 2. The Morgan fingerprint density at radius 2 is 2.16 bits per heavy atom. The van der Waals surface area contributed by atoms with Crippen molar-refractivity contribution in [3.05, 3.63) is 0 Å². The zero-order valence-corrected chi connectivity index (χ0v) is 11.8. The summed E-state index contributed by atoms with van der Waals surface area (Å²) in [6.07, 6.45) is 4.64. The molecule has 0 saturated carbocycles. The van der Waals surface area contributed by atoms with Gasteiger partial charge in [-0.1, -0.05) is 19.8 Å².